The molecule has 2 aliphatic heterocycles. The molecule has 18 nitrogen and oxygen atoms in total. The smallest absolute Gasteiger partial charge is 0.267 e. The highest BCUT2D eigenvalue weighted by molar-refractivity contribution is 6.36. The zero-order valence-electron chi connectivity index (χ0n) is 37.1. The Hall–Kier alpha value is -7.70. The molecule has 2 aliphatic rings. The third-order valence-corrected chi connectivity index (χ3v) is 11.3. The zero-order valence-corrected chi connectivity index (χ0v) is 38.7. The minimum atomic E-state index is -0.597. The number of hydrogen-bond donors (Lipinski definition) is 4. The summed E-state index contributed by atoms with van der Waals surface area (Å²) in [5.74, 6) is 0.912. The summed E-state index contributed by atoms with van der Waals surface area (Å²) < 4.78 is 10.3. The number of benzene rings is 2. The first-order valence-corrected chi connectivity index (χ1v) is 22.5. The van der Waals surface area contributed by atoms with Crippen LogP contribution in [0.25, 0.3) is 33.8 Å². The number of methoxy groups -OCH3 is 1. The topological polar surface area (TPSA) is 260 Å². The van der Waals surface area contributed by atoms with Gasteiger partial charge in [-0.1, -0.05) is 53.5 Å². The van der Waals surface area contributed by atoms with Gasteiger partial charge < -0.3 is 41.5 Å². The summed E-state index contributed by atoms with van der Waals surface area (Å²) in [6.07, 6.45) is 10.0. The lowest BCUT2D eigenvalue weighted by Crippen LogP contribution is -2.31. The molecule has 9 rings (SSSR count). The van der Waals surface area contributed by atoms with Gasteiger partial charge in [-0.2, -0.15) is 0 Å². The van der Waals surface area contributed by atoms with Gasteiger partial charge >= 0.3 is 0 Å². The van der Waals surface area contributed by atoms with Gasteiger partial charge in [0, 0.05) is 60.2 Å². The maximum Gasteiger partial charge on any atom is 0.267 e. The fraction of sp³-hybridized carbons (Fsp3) is 0.250. The van der Waals surface area contributed by atoms with Gasteiger partial charge in [0.2, 0.25) is 23.7 Å². The first kappa shape index (κ1) is 48.2. The molecule has 0 unspecified atom stereocenters. The van der Waals surface area contributed by atoms with Gasteiger partial charge in [-0.25, -0.2) is 34.9 Å². The maximum atomic E-state index is 11.6. The Kier molecular flexibility index (Phi) is 16.4. The van der Waals surface area contributed by atoms with Crippen molar-refractivity contribution in [1.82, 2.24) is 34.9 Å². The van der Waals surface area contributed by atoms with E-state index in [9.17, 15) is 14.4 Å². The normalized spacial score (nSPS) is 13.3. The second kappa shape index (κ2) is 23.2. The van der Waals surface area contributed by atoms with Crippen LogP contribution in [0.3, 0.4) is 0 Å². The molecule has 0 bridgehead atoms. The molecule has 20 heteroatoms. The molecule has 0 atom stereocenters. The van der Waals surface area contributed by atoms with Crippen LogP contribution in [0.1, 0.15) is 75.8 Å². The average Bonchev–Trinajstić information content (AvgIpc) is 3.91. The van der Waals surface area contributed by atoms with E-state index in [2.05, 4.69) is 50.0 Å². The molecule has 7 aromatic rings. The van der Waals surface area contributed by atoms with Crippen molar-refractivity contribution < 1.29 is 23.5 Å². The number of rotatable bonds is 12. The standard InChI is InChI=1S/C16H16Cl2N4O.C16H19N5O2.C16H14N4O2/c17-10-4-5-11(12(18)8-10)13-9-14(15(19)23)21-16(20-13)22-6-2-1-3-7-22;1-23-14-6-5-11(10-18-14)12-9-13(15(17)22)20-16(19-12)21-7-3-2-4-8-21;17-15(21)14-9-13(11-5-2-1-3-6-11)19-16(20-14)18-10-12-7-4-8-22-12/h4-5,8-9H,1-3,6-7H2,(H2,19,23);5-6,9-10H,2-4,7-8H2,1H3,(H2,17,22);1-9H,10H2,(H2,17,21)(H,18,19,20). The predicted molar refractivity (Wildman–Crippen MR) is 260 cm³/mol. The van der Waals surface area contributed by atoms with Crippen molar-refractivity contribution in [2.45, 2.75) is 45.1 Å². The van der Waals surface area contributed by atoms with E-state index in [4.69, 9.17) is 49.6 Å². The number of furan rings is 1. The number of carbonyl (C=O) groups excluding carboxylic acids is 3. The van der Waals surface area contributed by atoms with Crippen LogP contribution in [0.2, 0.25) is 10.0 Å². The lowest BCUT2D eigenvalue weighted by atomic mass is 10.1. The van der Waals surface area contributed by atoms with E-state index < -0.39 is 17.7 Å². The van der Waals surface area contributed by atoms with Crippen LogP contribution in [0.15, 0.2) is 108 Å². The van der Waals surface area contributed by atoms with Gasteiger partial charge in [0.15, 0.2) is 0 Å². The molecule has 0 aliphatic carbocycles. The lowest BCUT2D eigenvalue weighted by Gasteiger charge is -2.27. The summed E-state index contributed by atoms with van der Waals surface area (Å²) in [5, 5.41) is 4.04. The van der Waals surface area contributed by atoms with E-state index in [0.717, 1.165) is 68.7 Å². The van der Waals surface area contributed by atoms with Gasteiger partial charge in [0.1, 0.15) is 22.8 Å². The highest BCUT2D eigenvalue weighted by Crippen LogP contribution is 2.31. The number of hydrogen-bond acceptors (Lipinski definition) is 15. The van der Waals surface area contributed by atoms with Crippen molar-refractivity contribution in [1.29, 1.82) is 0 Å². The van der Waals surface area contributed by atoms with Crippen LogP contribution < -0.4 is 37.1 Å². The van der Waals surface area contributed by atoms with E-state index >= 15 is 0 Å². The first-order chi connectivity index (χ1) is 32.9. The number of piperidine rings is 2. The van der Waals surface area contributed by atoms with Crippen molar-refractivity contribution in [3.05, 3.63) is 136 Å². The van der Waals surface area contributed by atoms with Crippen LogP contribution >= 0.6 is 23.2 Å². The number of ether oxygens (including phenoxy) is 1. The SMILES string of the molecule is COc1ccc(-c2cc(C(N)=O)nc(N3CCCCC3)n2)cn1.NC(=O)c1cc(-c2ccc(Cl)cc2Cl)nc(N2CCCCC2)n1.NC(=O)c1cc(-c2ccccc2)nc(NCc2ccco2)n1. The number of nitrogens with two attached hydrogens (primary N) is 3. The predicted octanol–water partition coefficient (Wildman–Crippen LogP) is 7.62. The monoisotopic (exact) mass is 957 g/mol. The molecular formula is C48H49Cl2N13O5. The lowest BCUT2D eigenvalue weighted by molar-refractivity contribution is 0.0987. The van der Waals surface area contributed by atoms with E-state index in [1.165, 1.54) is 12.8 Å². The third-order valence-electron chi connectivity index (χ3n) is 10.7. The van der Waals surface area contributed by atoms with E-state index in [1.54, 1.807) is 68.1 Å². The fourth-order valence-corrected chi connectivity index (χ4v) is 7.72. The third kappa shape index (κ3) is 13.0. The van der Waals surface area contributed by atoms with Crippen molar-refractivity contribution >= 4 is 58.8 Å². The number of nitrogens with zero attached hydrogens (tertiary/aromatic N) is 9. The van der Waals surface area contributed by atoms with Gasteiger partial charge in [-0.15, -0.1) is 0 Å². The quantitative estimate of drug-likeness (QED) is 0.0918. The Labute approximate surface area is 402 Å². The van der Waals surface area contributed by atoms with E-state index in [1.807, 2.05) is 42.5 Å². The number of anilines is 3. The molecular weight excluding hydrogens is 910 g/mol. The Morgan fingerprint density at radius 3 is 1.74 bits per heavy atom. The van der Waals surface area contributed by atoms with Gasteiger partial charge in [0.05, 0.1) is 42.0 Å². The molecule has 0 saturated carbocycles. The largest absolute Gasteiger partial charge is 0.481 e. The molecule has 0 radical (unpaired) electrons. The van der Waals surface area contributed by atoms with Gasteiger partial charge in [-0.05, 0) is 93.1 Å². The van der Waals surface area contributed by atoms with Crippen LogP contribution in [0.4, 0.5) is 17.8 Å². The Balaban J connectivity index is 0.000000151. The summed E-state index contributed by atoms with van der Waals surface area (Å²) in [6.45, 7) is 3.94. The van der Waals surface area contributed by atoms with Crippen molar-refractivity contribution in [2.24, 2.45) is 17.2 Å². The van der Waals surface area contributed by atoms with Gasteiger partial charge in [0.25, 0.3) is 17.7 Å². The Bertz CT molecular complexity index is 2820. The minimum absolute atomic E-state index is 0.163. The van der Waals surface area contributed by atoms with E-state index in [-0.39, 0.29) is 17.1 Å². The molecule has 2 aromatic carbocycles. The van der Waals surface area contributed by atoms with Crippen molar-refractivity contribution in [3.8, 4) is 39.7 Å². The van der Waals surface area contributed by atoms with Gasteiger partial charge in [-0.3, -0.25) is 14.4 Å². The fourth-order valence-electron chi connectivity index (χ4n) is 7.22. The minimum Gasteiger partial charge on any atom is -0.481 e. The maximum absolute atomic E-state index is 11.6. The number of carbonyl (C=O) groups is 3. The molecule has 0 spiro atoms. The Morgan fingerprint density at radius 2 is 1.21 bits per heavy atom. The van der Waals surface area contributed by atoms with Crippen LogP contribution in [-0.2, 0) is 6.54 Å². The highest BCUT2D eigenvalue weighted by Gasteiger charge is 2.20. The Morgan fingerprint density at radius 1 is 0.632 bits per heavy atom. The van der Waals surface area contributed by atoms with E-state index in [0.29, 0.717) is 63.0 Å². The highest BCUT2D eigenvalue weighted by atomic mass is 35.5. The molecule has 5 aromatic heterocycles. The van der Waals surface area contributed by atoms with Crippen molar-refractivity contribution in [2.75, 3.05) is 48.4 Å². The summed E-state index contributed by atoms with van der Waals surface area (Å²) >= 11 is 12.2. The number of amides is 3. The summed E-state index contributed by atoms with van der Waals surface area (Å²) in [4.78, 5) is 69.3. The summed E-state index contributed by atoms with van der Waals surface area (Å²) in [5.41, 5.74) is 20.9. The average molecular weight is 959 g/mol. The molecule has 2 saturated heterocycles. The molecule has 7 heterocycles. The van der Waals surface area contributed by atoms with Crippen LogP contribution in [0.5, 0.6) is 5.88 Å². The number of aromatic nitrogens is 7. The molecule has 350 valence electrons. The van der Waals surface area contributed by atoms with Crippen LogP contribution in [0, 0.1) is 0 Å². The van der Waals surface area contributed by atoms with Crippen molar-refractivity contribution in [3.63, 3.8) is 0 Å². The molecule has 7 N–H and O–H groups in total. The number of nitrogens with one attached hydrogen (secondary N) is 1. The molecule has 68 heavy (non-hydrogen) atoms. The first-order valence-electron chi connectivity index (χ1n) is 21.8. The molecule has 2 fully saturated rings. The van der Waals surface area contributed by atoms with Crippen LogP contribution in [-0.4, -0.2) is 85.9 Å². The number of halogens is 2. The second-order valence-electron chi connectivity index (χ2n) is 15.5. The zero-order chi connectivity index (χ0) is 48.0. The summed E-state index contributed by atoms with van der Waals surface area (Å²) in [6, 6.07) is 26.6. The summed E-state index contributed by atoms with van der Waals surface area (Å²) in [7, 11) is 1.56. The second-order valence-corrected chi connectivity index (χ2v) is 16.4. The molecule has 3 amide bonds. The number of primary amides is 3. The number of pyridine rings is 1.